The number of hydrogen-bond donors (Lipinski definition) is 0. The lowest BCUT2D eigenvalue weighted by atomic mass is 10.3. The molecule has 0 bridgehead atoms. The maximum absolute atomic E-state index is 4.48. The van der Waals surface area contributed by atoms with Crippen molar-refractivity contribution in [1.82, 2.24) is 9.66 Å². The predicted molar refractivity (Wildman–Crippen MR) is 54.9 cm³/mol. The molecule has 0 aliphatic carbocycles. The van der Waals surface area contributed by atoms with Crippen LogP contribution in [0.2, 0.25) is 0 Å². The summed E-state index contributed by atoms with van der Waals surface area (Å²) in [4.78, 5) is 4.48. The van der Waals surface area contributed by atoms with E-state index in [0.717, 1.165) is 22.6 Å². The van der Waals surface area contributed by atoms with Gasteiger partial charge in [-0.15, -0.1) is 11.8 Å². The van der Waals surface area contributed by atoms with Gasteiger partial charge in [0.15, 0.2) is 0 Å². The highest BCUT2D eigenvalue weighted by atomic mass is 32.2. The van der Waals surface area contributed by atoms with Crippen LogP contribution in [0.4, 0.5) is 0 Å². The van der Waals surface area contributed by atoms with Gasteiger partial charge in [0.2, 0.25) is 0 Å². The Kier molecular flexibility index (Phi) is 1.43. The second-order valence-corrected chi connectivity index (χ2v) is 3.69. The molecule has 0 radical (unpaired) electrons. The van der Waals surface area contributed by atoms with E-state index in [9.17, 15) is 0 Å². The number of imidazole rings is 1. The summed E-state index contributed by atoms with van der Waals surface area (Å²) in [6.07, 6.45) is 0. The monoisotopic (exact) mass is 189 g/mol. The minimum atomic E-state index is 0.915. The van der Waals surface area contributed by atoms with Gasteiger partial charge in [0, 0.05) is 0 Å². The number of thioether (sulfide) groups is 1. The number of aromatic nitrogens is 2. The molecule has 0 fully saturated rings. The van der Waals surface area contributed by atoms with Crippen molar-refractivity contribution in [3.63, 3.8) is 0 Å². The molecule has 3 rings (SSSR count). The maximum Gasteiger partial charge on any atom is 0.141 e. The van der Waals surface area contributed by atoms with Gasteiger partial charge >= 0.3 is 0 Å². The minimum absolute atomic E-state index is 0.915. The normalized spacial score (nSPS) is 14.8. The molecule has 0 unspecified atom stereocenters. The van der Waals surface area contributed by atoms with Crippen molar-refractivity contribution in [3.05, 3.63) is 30.1 Å². The van der Waals surface area contributed by atoms with E-state index in [0.29, 0.717) is 0 Å². The second-order valence-electron chi connectivity index (χ2n) is 2.86. The smallest absolute Gasteiger partial charge is 0.141 e. The largest absolute Gasteiger partial charge is 0.230 e. The second kappa shape index (κ2) is 2.60. The first-order valence-electron chi connectivity index (χ1n) is 4.06. The third-order valence-corrected chi connectivity index (χ3v) is 2.72. The Balaban J connectivity index is 2.42. The van der Waals surface area contributed by atoms with E-state index in [1.165, 1.54) is 0 Å². The molecule has 4 heteroatoms. The molecule has 0 spiro atoms. The molecule has 1 aliphatic heterocycles. The number of rotatable bonds is 0. The summed E-state index contributed by atoms with van der Waals surface area (Å²) in [6, 6.07) is 8.06. The predicted octanol–water partition coefficient (Wildman–Crippen LogP) is 2.07. The van der Waals surface area contributed by atoms with Crippen LogP contribution in [0.3, 0.4) is 0 Å². The Morgan fingerprint density at radius 2 is 2.23 bits per heavy atom. The molecular weight excluding hydrogens is 182 g/mol. The molecule has 0 amide bonds. The summed E-state index contributed by atoms with van der Waals surface area (Å²) >= 11 is 1.68. The fourth-order valence-corrected chi connectivity index (χ4v) is 2.05. The molecule has 1 aromatic heterocycles. The van der Waals surface area contributed by atoms with Crippen molar-refractivity contribution >= 4 is 28.3 Å². The molecule has 3 nitrogen and oxygen atoms in total. The van der Waals surface area contributed by atoms with Crippen LogP contribution in [0.15, 0.2) is 29.4 Å². The number of benzene rings is 1. The highest BCUT2D eigenvalue weighted by Gasteiger charge is 2.11. The van der Waals surface area contributed by atoms with Crippen molar-refractivity contribution in [1.29, 1.82) is 0 Å². The van der Waals surface area contributed by atoms with Gasteiger partial charge in [-0.2, -0.15) is 5.10 Å². The Labute approximate surface area is 79.5 Å². The molecule has 0 N–H and O–H groups in total. The first kappa shape index (κ1) is 7.15. The molecule has 2 heterocycles. The number of para-hydroxylation sites is 2. The van der Waals surface area contributed by atoms with Crippen LogP contribution < -0.4 is 0 Å². The highest BCUT2D eigenvalue weighted by molar-refractivity contribution is 8.11. The van der Waals surface area contributed by atoms with Gasteiger partial charge in [-0.1, -0.05) is 12.1 Å². The Morgan fingerprint density at radius 1 is 1.31 bits per heavy atom. The van der Waals surface area contributed by atoms with Crippen LogP contribution >= 0.6 is 11.8 Å². The van der Waals surface area contributed by atoms with Gasteiger partial charge in [0.05, 0.1) is 22.3 Å². The Bertz CT molecular complexity index is 487. The van der Waals surface area contributed by atoms with E-state index in [2.05, 4.69) is 10.1 Å². The lowest BCUT2D eigenvalue weighted by Gasteiger charge is -2.04. The first-order chi connectivity index (χ1) is 6.45. The summed E-state index contributed by atoms with van der Waals surface area (Å²) in [5.74, 6) is 1.95. The van der Waals surface area contributed by atoms with E-state index in [1.807, 2.05) is 34.5 Å². The quantitative estimate of drug-likeness (QED) is 0.635. The first-order valence-corrected chi connectivity index (χ1v) is 5.11. The van der Waals surface area contributed by atoms with Crippen molar-refractivity contribution in [3.8, 4) is 0 Å². The van der Waals surface area contributed by atoms with Crippen LogP contribution in [-0.2, 0) is 5.75 Å². The standard InChI is InChI=1S/C9H7N3S/c1-2-4-8-7(3-1)11-9-5-13-6-10-12(8)9/h1-4,6H,5H2. The van der Waals surface area contributed by atoms with Crippen LogP contribution in [-0.4, -0.2) is 15.2 Å². The molecule has 0 saturated carbocycles. The topological polar surface area (TPSA) is 30.2 Å². The van der Waals surface area contributed by atoms with Crippen molar-refractivity contribution < 1.29 is 0 Å². The van der Waals surface area contributed by atoms with Crippen LogP contribution in [0, 0.1) is 0 Å². The lowest BCUT2D eigenvalue weighted by Crippen LogP contribution is -2.00. The fourth-order valence-electron chi connectivity index (χ4n) is 1.48. The third kappa shape index (κ3) is 0.986. The molecule has 64 valence electrons. The van der Waals surface area contributed by atoms with Crippen molar-refractivity contribution in [2.45, 2.75) is 5.75 Å². The molecule has 0 saturated heterocycles. The summed E-state index contributed by atoms with van der Waals surface area (Å²) in [5, 5.41) is 4.27. The van der Waals surface area contributed by atoms with Gasteiger partial charge in [0.1, 0.15) is 5.82 Å². The molecular formula is C9H7N3S. The molecule has 1 aromatic carbocycles. The van der Waals surface area contributed by atoms with E-state index in [4.69, 9.17) is 0 Å². The maximum atomic E-state index is 4.48. The zero-order valence-corrected chi connectivity index (χ0v) is 7.66. The van der Waals surface area contributed by atoms with Gasteiger partial charge in [-0.3, -0.25) is 0 Å². The molecule has 0 atom stereocenters. The molecule has 2 aromatic rings. The van der Waals surface area contributed by atoms with Gasteiger partial charge in [-0.05, 0) is 12.1 Å². The average Bonchev–Trinajstić information content (AvgIpc) is 2.56. The number of nitrogens with zero attached hydrogens (tertiary/aromatic N) is 3. The highest BCUT2D eigenvalue weighted by Crippen LogP contribution is 2.21. The summed E-state index contributed by atoms with van der Waals surface area (Å²) in [7, 11) is 0. The number of hydrogen-bond acceptors (Lipinski definition) is 3. The lowest BCUT2D eigenvalue weighted by molar-refractivity contribution is 0.848. The fraction of sp³-hybridized carbons (Fsp3) is 0.111. The van der Waals surface area contributed by atoms with E-state index < -0.39 is 0 Å². The van der Waals surface area contributed by atoms with Crippen LogP contribution in [0.5, 0.6) is 0 Å². The van der Waals surface area contributed by atoms with Gasteiger partial charge < -0.3 is 0 Å². The van der Waals surface area contributed by atoms with Gasteiger partial charge in [-0.25, -0.2) is 9.66 Å². The zero-order chi connectivity index (χ0) is 8.67. The van der Waals surface area contributed by atoms with Crippen LogP contribution in [0.1, 0.15) is 5.82 Å². The van der Waals surface area contributed by atoms with Crippen molar-refractivity contribution in [2.75, 3.05) is 0 Å². The van der Waals surface area contributed by atoms with Gasteiger partial charge in [0.25, 0.3) is 0 Å². The van der Waals surface area contributed by atoms with E-state index in [-0.39, 0.29) is 0 Å². The summed E-state index contributed by atoms with van der Waals surface area (Å²) in [6.45, 7) is 0. The van der Waals surface area contributed by atoms with E-state index in [1.54, 1.807) is 11.8 Å². The Hall–Kier alpha value is -1.29. The SMILES string of the molecule is C1=Nn2c(nc3ccccc32)CS1. The van der Waals surface area contributed by atoms with Crippen molar-refractivity contribution in [2.24, 2.45) is 5.10 Å². The molecule has 13 heavy (non-hydrogen) atoms. The summed E-state index contributed by atoms with van der Waals surface area (Å²) < 4.78 is 1.91. The number of fused-ring (bicyclic) bond motifs is 3. The summed E-state index contributed by atoms with van der Waals surface area (Å²) in [5.41, 5.74) is 3.98. The average molecular weight is 189 g/mol. The zero-order valence-electron chi connectivity index (χ0n) is 6.84. The minimum Gasteiger partial charge on any atom is -0.230 e. The van der Waals surface area contributed by atoms with Crippen LogP contribution in [0.25, 0.3) is 11.0 Å². The Morgan fingerprint density at radius 3 is 3.23 bits per heavy atom. The van der Waals surface area contributed by atoms with E-state index >= 15 is 0 Å². The molecule has 1 aliphatic rings. The third-order valence-electron chi connectivity index (χ3n) is 2.05.